The summed E-state index contributed by atoms with van der Waals surface area (Å²) in [6.07, 6.45) is 1.06. The minimum absolute atomic E-state index is 0.0445. The summed E-state index contributed by atoms with van der Waals surface area (Å²) in [7, 11) is 1.47. The van der Waals surface area contributed by atoms with E-state index in [0.717, 1.165) is 6.20 Å². The summed E-state index contributed by atoms with van der Waals surface area (Å²) in [6.45, 7) is 0. The number of nitrogens with zero attached hydrogens (tertiary/aromatic N) is 1. The molecule has 0 spiro atoms. The van der Waals surface area contributed by atoms with Crippen LogP contribution in [0.4, 0.5) is 4.39 Å². The highest BCUT2D eigenvalue weighted by Gasteiger charge is 2.14. The van der Waals surface area contributed by atoms with E-state index >= 15 is 0 Å². The third-order valence-corrected chi connectivity index (χ3v) is 2.18. The summed E-state index contributed by atoms with van der Waals surface area (Å²) in [5, 5.41) is 2.93. The van der Waals surface area contributed by atoms with Gasteiger partial charge in [0.25, 0.3) is 5.91 Å². The maximum Gasteiger partial charge on any atom is 0.254 e. The van der Waals surface area contributed by atoms with Crippen molar-refractivity contribution in [3.8, 4) is 0 Å². The molecule has 0 aliphatic carbocycles. The topological polar surface area (TPSA) is 42.0 Å². The summed E-state index contributed by atoms with van der Waals surface area (Å²) in [5.41, 5.74) is 0.653. The SMILES string of the molecule is CNC(=O)c1c(F)cnc2ccccc12. The quantitative estimate of drug-likeness (QED) is 0.768. The maximum absolute atomic E-state index is 13.4. The van der Waals surface area contributed by atoms with Gasteiger partial charge in [0.1, 0.15) is 0 Å². The zero-order valence-corrected chi connectivity index (χ0v) is 8.12. The van der Waals surface area contributed by atoms with Crippen molar-refractivity contribution in [1.29, 1.82) is 0 Å². The Morgan fingerprint density at radius 1 is 1.40 bits per heavy atom. The molecule has 0 fully saturated rings. The highest BCUT2D eigenvalue weighted by atomic mass is 19.1. The molecule has 15 heavy (non-hydrogen) atoms. The fraction of sp³-hybridized carbons (Fsp3) is 0.0909. The van der Waals surface area contributed by atoms with Crippen molar-refractivity contribution in [2.45, 2.75) is 0 Å². The van der Waals surface area contributed by atoms with Crippen LogP contribution < -0.4 is 5.32 Å². The largest absolute Gasteiger partial charge is 0.355 e. The first-order valence-corrected chi connectivity index (χ1v) is 4.49. The second kappa shape index (κ2) is 3.65. The van der Waals surface area contributed by atoms with E-state index in [4.69, 9.17) is 0 Å². The van der Waals surface area contributed by atoms with E-state index in [1.807, 2.05) is 0 Å². The van der Waals surface area contributed by atoms with Crippen LogP contribution in [0.15, 0.2) is 30.5 Å². The highest BCUT2D eigenvalue weighted by molar-refractivity contribution is 6.06. The van der Waals surface area contributed by atoms with Crippen LogP contribution in [0.5, 0.6) is 0 Å². The van der Waals surface area contributed by atoms with Gasteiger partial charge in [-0.2, -0.15) is 0 Å². The van der Waals surface area contributed by atoms with Gasteiger partial charge in [-0.1, -0.05) is 18.2 Å². The van der Waals surface area contributed by atoms with Gasteiger partial charge in [0.15, 0.2) is 5.82 Å². The van der Waals surface area contributed by atoms with Crippen molar-refractivity contribution in [3.63, 3.8) is 0 Å². The zero-order valence-electron chi connectivity index (χ0n) is 8.12. The molecule has 1 N–H and O–H groups in total. The first-order chi connectivity index (χ1) is 7.24. The fourth-order valence-corrected chi connectivity index (χ4v) is 1.47. The molecule has 1 amide bonds. The Kier molecular flexibility index (Phi) is 2.33. The van der Waals surface area contributed by atoms with E-state index in [1.54, 1.807) is 24.3 Å². The molecule has 0 saturated heterocycles. The number of carbonyl (C=O) groups excluding carboxylic acids is 1. The lowest BCUT2D eigenvalue weighted by atomic mass is 10.1. The number of benzene rings is 1. The lowest BCUT2D eigenvalue weighted by Gasteiger charge is -2.05. The van der Waals surface area contributed by atoms with Gasteiger partial charge in [0, 0.05) is 12.4 Å². The number of halogens is 1. The van der Waals surface area contributed by atoms with Crippen molar-refractivity contribution in [1.82, 2.24) is 10.3 Å². The van der Waals surface area contributed by atoms with Gasteiger partial charge in [0.2, 0.25) is 0 Å². The van der Waals surface area contributed by atoms with Gasteiger partial charge in [-0.25, -0.2) is 4.39 Å². The van der Waals surface area contributed by atoms with Crippen molar-refractivity contribution in [2.75, 3.05) is 7.05 Å². The number of hydrogen-bond donors (Lipinski definition) is 1. The molecule has 3 nitrogen and oxygen atoms in total. The molecule has 1 aromatic heterocycles. The maximum atomic E-state index is 13.4. The number of pyridine rings is 1. The van der Waals surface area contributed by atoms with Crippen molar-refractivity contribution in [2.24, 2.45) is 0 Å². The number of aromatic nitrogens is 1. The number of rotatable bonds is 1. The van der Waals surface area contributed by atoms with Gasteiger partial charge in [-0.15, -0.1) is 0 Å². The molecule has 0 bridgehead atoms. The predicted octanol–water partition coefficient (Wildman–Crippen LogP) is 1.73. The molecule has 0 aliphatic heterocycles. The van der Waals surface area contributed by atoms with E-state index in [-0.39, 0.29) is 5.56 Å². The molecule has 2 rings (SSSR count). The predicted molar refractivity (Wildman–Crippen MR) is 55.1 cm³/mol. The van der Waals surface area contributed by atoms with E-state index < -0.39 is 11.7 Å². The average Bonchev–Trinajstić information content (AvgIpc) is 2.28. The number of carbonyl (C=O) groups is 1. The van der Waals surface area contributed by atoms with Crippen molar-refractivity contribution >= 4 is 16.8 Å². The van der Waals surface area contributed by atoms with Crippen LogP contribution in [0.1, 0.15) is 10.4 Å². The van der Waals surface area contributed by atoms with Crippen LogP contribution in [0.3, 0.4) is 0 Å². The van der Waals surface area contributed by atoms with Gasteiger partial charge in [0.05, 0.1) is 17.3 Å². The van der Waals surface area contributed by atoms with E-state index in [1.165, 1.54) is 7.05 Å². The number of para-hydroxylation sites is 1. The Morgan fingerprint density at radius 2 is 2.13 bits per heavy atom. The standard InChI is InChI=1S/C11H9FN2O/c1-13-11(15)10-7-4-2-3-5-9(7)14-6-8(10)12/h2-6H,1H3,(H,13,15). The normalized spacial score (nSPS) is 10.3. The molecule has 0 atom stereocenters. The molecule has 1 aromatic carbocycles. The van der Waals surface area contributed by atoms with E-state index in [9.17, 15) is 9.18 Å². The summed E-state index contributed by atoms with van der Waals surface area (Å²) in [4.78, 5) is 15.4. The molecule has 1 heterocycles. The lowest BCUT2D eigenvalue weighted by Crippen LogP contribution is -2.19. The minimum atomic E-state index is -0.604. The van der Waals surface area contributed by atoms with Gasteiger partial charge in [-0.3, -0.25) is 9.78 Å². The third kappa shape index (κ3) is 1.54. The average molecular weight is 204 g/mol. The molecule has 0 radical (unpaired) electrons. The van der Waals surface area contributed by atoms with Gasteiger partial charge in [-0.05, 0) is 6.07 Å². The summed E-state index contributed by atoms with van der Waals surface area (Å²) in [6, 6.07) is 6.95. The van der Waals surface area contributed by atoms with Crippen molar-refractivity contribution in [3.05, 3.63) is 41.8 Å². The Labute approximate surface area is 85.9 Å². The molecule has 2 aromatic rings. The van der Waals surface area contributed by atoms with Gasteiger partial charge < -0.3 is 5.32 Å². The lowest BCUT2D eigenvalue weighted by molar-refractivity contribution is 0.0961. The second-order valence-corrected chi connectivity index (χ2v) is 3.08. The first-order valence-electron chi connectivity index (χ1n) is 4.49. The Bertz CT molecular complexity index is 525. The number of fused-ring (bicyclic) bond motifs is 1. The second-order valence-electron chi connectivity index (χ2n) is 3.08. The molecular weight excluding hydrogens is 195 g/mol. The molecule has 0 saturated carbocycles. The van der Waals surface area contributed by atoms with Crippen LogP contribution >= 0.6 is 0 Å². The summed E-state index contributed by atoms with van der Waals surface area (Å²) < 4.78 is 13.4. The van der Waals surface area contributed by atoms with Crippen LogP contribution in [0.25, 0.3) is 10.9 Å². The summed E-state index contributed by atoms with van der Waals surface area (Å²) >= 11 is 0. The Balaban J connectivity index is 2.79. The van der Waals surface area contributed by atoms with Crippen LogP contribution in [0.2, 0.25) is 0 Å². The van der Waals surface area contributed by atoms with E-state index in [0.29, 0.717) is 10.9 Å². The van der Waals surface area contributed by atoms with Crippen LogP contribution in [-0.4, -0.2) is 17.9 Å². The molecule has 76 valence electrons. The van der Waals surface area contributed by atoms with Crippen LogP contribution in [-0.2, 0) is 0 Å². The first kappa shape index (κ1) is 9.58. The minimum Gasteiger partial charge on any atom is -0.355 e. The van der Waals surface area contributed by atoms with E-state index in [2.05, 4.69) is 10.3 Å². The Hall–Kier alpha value is -1.97. The molecule has 0 unspecified atom stereocenters. The summed E-state index contributed by atoms with van der Waals surface area (Å²) in [5.74, 6) is -1.04. The van der Waals surface area contributed by atoms with Crippen LogP contribution in [0, 0.1) is 5.82 Å². The number of amides is 1. The zero-order chi connectivity index (χ0) is 10.8. The monoisotopic (exact) mass is 204 g/mol. The fourth-order valence-electron chi connectivity index (χ4n) is 1.47. The van der Waals surface area contributed by atoms with Crippen molar-refractivity contribution < 1.29 is 9.18 Å². The Morgan fingerprint density at radius 3 is 2.87 bits per heavy atom. The molecule has 0 aliphatic rings. The smallest absolute Gasteiger partial charge is 0.254 e. The highest BCUT2D eigenvalue weighted by Crippen LogP contribution is 2.18. The van der Waals surface area contributed by atoms with Gasteiger partial charge >= 0.3 is 0 Å². The number of hydrogen-bond acceptors (Lipinski definition) is 2. The molecule has 4 heteroatoms. The third-order valence-electron chi connectivity index (χ3n) is 2.18. The number of nitrogens with one attached hydrogen (secondary N) is 1. The molecular formula is C11H9FN2O.